The summed E-state index contributed by atoms with van der Waals surface area (Å²) in [5.41, 5.74) is 4.00. The zero-order chi connectivity index (χ0) is 18.1. The summed E-state index contributed by atoms with van der Waals surface area (Å²) in [5.74, 6) is 0.0346. The Hall–Kier alpha value is -2.47. The van der Waals surface area contributed by atoms with Crippen molar-refractivity contribution < 1.29 is 13.6 Å². The maximum absolute atomic E-state index is 13.0. The molecule has 0 amide bonds. The first-order chi connectivity index (χ1) is 12.6. The lowest BCUT2D eigenvalue weighted by Crippen LogP contribution is -2.13. The van der Waals surface area contributed by atoms with E-state index in [1.807, 2.05) is 19.1 Å². The van der Waals surface area contributed by atoms with Gasteiger partial charge in [-0.2, -0.15) is 0 Å². The third-order valence-electron chi connectivity index (χ3n) is 4.53. The molecule has 1 heterocycles. The highest BCUT2D eigenvalue weighted by molar-refractivity contribution is 8.00. The molecule has 4 rings (SSSR count). The zero-order valence-corrected chi connectivity index (χ0v) is 15.1. The monoisotopic (exact) mass is 368 g/mol. The van der Waals surface area contributed by atoms with E-state index in [-0.39, 0.29) is 16.9 Å². The van der Waals surface area contributed by atoms with E-state index in [0.29, 0.717) is 16.7 Å². The van der Waals surface area contributed by atoms with Crippen molar-refractivity contribution in [2.45, 2.75) is 36.7 Å². The molecule has 0 aliphatic heterocycles. The van der Waals surface area contributed by atoms with Gasteiger partial charge in [0.1, 0.15) is 5.82 Å². The van der Waals surface area contributed by atoms with Crippen molar-refractivity contribution in [3.8, 4) is 11.5 Å². The van der Waals surface area contributed by atoms with Crippen molar-refractivity contribution in [3.05, 3.63) is 65.0 Å². The minimum absolute atomic E-state index is 0.0474. The molecule has 0 saturated carbocycles. The second kappa shape index (κ2) is 7.03. The van der Waals surface area contributed by atoms with E-state index in [1.165, 1.54) is 35.0 Å². The minimum atomic E-state index is -0.337. The van der Waals surface area contributed by atoms with Gasteiger partial charge in [0.2, 0.25) is 5.89 Å². The molecule has 0 N–H and O–H groups in total. The highest BCUT2D eigenvalue weighted by Gasteiger charge is 2.22. The molecule has 0 radical (unpaired) electrons. The third kappa shape index (κ3) is 3.42. The molecular formula is C20H17FN2O2S. The molecule has 6 heteroatoms. The first-order valence-electron chi connectivity index (χ1n) is 8.52. The Labute approximate surface area is 154 Å². The molecule has 2 aromatic carbocycles. The van der Waals surface area contributed by atoms with Crippen LogP contribution < -0.4 is 0 Å². The lowest BCUT2D eigenvalue weighted by Gasteiger charge is -2.09. The number of nitrogens with zero attached hydrogens (tertiary/aromatic N) is 2. The lowest BCUT2D eigenvalue weighted by atomic mass is 10.0. The number of aromatic nitrogens is 2. The summed E-state index contributed by atoms with van der Waals surface area (Å²) >= 11 is 1.23. The molecule has 4 nitrogen and oxygen atoms in total. The highest BCUT2D eigenvalue weighted by atomic mass is 32.2. The first kappa shape index (κ1) is 17.0. The summed E-state index contributed by atoms with van der Waals surface area (Å²) < 4.78 is 18.6. The average molecular weight is 368 g/mol. The van der Waals surface area contributed by atoms with Crippen molar-refractivity contribution in [1.82, 2.24) is 10.2 Å². The summed E-state index contributed by atoms with van der Waals surface area (Å²) in [6, 6.07) is 11.8. The topological polar surface area (TPSA) is 56.0 Å². The Morgan fingerprint density at radius 3 is 2.69 bits per heavy atom. The summed E-state index contributed by atoms with van der Waals surface area (Å²) in [5, 5.41) is 7.95. The molecular weight excluding hydrogens is 351 g/mol. The molecule has 3 aromatic rings. The fraction of sp³-hybridized carbons (Fsp3) is 0.250. The van der Waals surface area contributed by atoms with Gasteiger partial charge in [-0.1, -0.05) is 23.9 Å². The molecule has 132 valence electrons. The number of carbonyl (C=O) groups excluding carboxylic acids is 1. The van der Waals surface area contributed by atoms with E-state index < -0.39 is 0 Å². The van der Waals surface area contributed by atoms with Crippen molar-refractivity contribution in [2.24, 2.45) is 0 Å². The van der Waals surface area contributed by atoms with Crippen molar-refractivity contribution in [3.63, 3.8) is 0 Å². The number of hydrogen-bond donors (Lipinski definition) is 0. The fourth-order valence-corrected chi connectivity index (χ4v) is 3.89. The normalized spacial score (nSPS) is 14.2. The van der Waals surface area contributed by atoms with Crippen LogP contribution in [0.4, 0.5) is 4.39 Å². The largest absolute Gasteiger partial charge is 0.411 e. The number of fused-ring (bicyclic) bond motifs is 1. The van der Waals surface area contributed by atoms with Crippen LogP contribution >= 0.6 is 11.8 Å². The zero-order valence-electron chi connectivity index (χ0n) is 14.2. The van der Waals surface area contributed by atoms with Crippen LogP contribution in [0.25, 0.3) is 11.5 Å². The van der Waals surface area contributed by atoms with E-state index in [2.05, 4.69) is 16.3 Å². The standard InChI is InChI=1S/C20H17FN2O2S/c1-12(18(24)16-6-5-13-3-2-4-15(13)11-16)26-20-23-22-19(25-20)14-7-9-17(21)10-8-14/h5-12H,2-4H2,1H3. The molecule has 0 saturated heterocycles. The second-order valence-corrected chi connectivity index (χ2v) is 7.63. The lowest BCUT2D eigenvalue weighted by molar-refractivity contribution is 0.0993. The molecule has 1 unspecified atom stereocenters. The third-order valence-corrected chi connectivity index (χ3v) is 5.46. The SMILES string of the molecule is CC(Sc1nnc(-c2ccc(F)cc2)o1)C(=O)c1ccc2c(c1)CCC2. The molecule has 1 atom stereocenters. The molecule has 1 aliphatic rings. The number of aryl methyl sites for hydroxylation is 2. The maximum Gasteiger partial charge on any atom is 0.277 e. The van der Waals surface area contributed by atoms with Crippen LogP contribution in [-0.2, 0) is 12.8 Å². The number of rotatable bonds is 5. The summed E-state index contributed by atoms with van der Waals surface area (Å²) in [6.45, 7) is 1.84. The van der Waals surface area contributed by atoms with Crippen molar-refractivity contribution in [1.29, 1.82) is 0 Å². The van der Waals surface area contributed by atoms with Gasteiger partial charge in [-0.3, -0.25) is 4.79 Å². The van der Waals surface area contributed by atoms with Crippen LogP contribution in [-0.4, -0.2) is 21.2 Å². The van der Waals surface area contributed by atoms with E-state index in [1.54, 1.807) is 12.1 Å². The number of Topliss-reactive ketones (excluding diaryl/α,β-unsaturated/α-hetero) is 1. The van der Waals surface area contributed by atoms with E-state index in [9.17, 15) is 9.18 Å². The summed E-state index contributed by atoms with van der Waals surface area (Å²) in [4.78, 5) is 12.7. The quantitative estimate of drug-likeness (QED) is 0.481. The molecule has 0 spiro atoms. The first-order valence-corrected chi connectivity index (χ1v) is 9.40. The van der Waals surface area contributed by atoms with Crippen LogP contribution in [0.15, 0.2) is 52.1 Å². The van der Waals surface area contributed by atoms with Crippen molar-refractivity contribution >= 4 is 17.5 Å². The van der Waals surface area contributed by atoms with Gasteiger partial charge in [-0.05, 0) is 67.6 Å². The Balaban J connectivity index is 1.47. The van der Waals surface area contributed by atoms with Gasteiger partial charge in [0.25, 0.3) is 5.22 Å². The molecule has 1 aromatic heterocycles. The fourth-order valence-electron chi connectivity index (χ4n) is 3.13. The maximum atomic E-state index is 13.0. The molecule has 0 bridgehead atoms. The smallest absolute Gasteiger partial charge is 0.277 e. The van der Waals surface area contributed by atoms with Gasteiger partial charge in [-0.15, -0.1) is 10.2 Å². The van der Waals surface area contributed by atoms with E-state index >= 15 is 0 Å². The molecule has 26 heavy (non-hydrogen) atoms. The average Bonchev–Trinajstić information content (AvgIpc) is 3.30. The molecule has 1 aliphatic carbocycles. The van der Waals surface area contributed by atoms with Crippen LogP contribution in [0.3, 0.4) is 0 Å². The summed E-state index contributed by atoms with van der Waals surface area (Å²) in [6.07, 6.45) is 3.30. The Bertz CT molecular complexity index is 953. The predicted octanol–water partition coefficient (Wildman–Crippen LogP) is 4.73. The van der Waals surface area contributed by atoms with Crippen LogP contribution in [0.5, 0.6) is 0 Å². The van der Waals surface area contributed by atoms with Gasteiger partial charge in [0, 0.05) is 11.1 Å². The number of halogens is 1. The summed E-state index contributed by atoms with van der Waals surface area (Å²) in [7, 11) is 0. The van der Waals surface area contributed by atoms with E-state index in [4.69, 9.17) is 4.42 Å². The van der Waals surface area contributed by atoms with Crippen molar-refractivity contribution in [2.75, 3.05) is 0 Å². The van der Waals surface area contributed by atoms with E-state index in [0.717, 1.165) is 24.8 Å². The number of ketones is 1. The number of benzene rings is 2. The van der Waals surface area contributed by atoms with Crippen LogP contribution in [0, 0.1) is 5.82 Å². The van der Waals surface area contributed by atoms with Gasteiger partial charge in [0.05, 0.1) is 5.25 Å². The van der Waals surface area contributed by atoms with Gasteiger partial charge in [-0.25, -0.2) is 4.39 Å². The molecule has 0 fully saturated rings. The minimum Gasteiger partial charge on any atom is -0.411 e. The van der Waals surface area contributed by atoms with Gasteiger partial charge >= 0.3 is 0 Å². The number of carbonyl (C=O) groups is 1. The van der Waals surface area contributed by atoms with Crippen LogP contribution in [0.2, 0.25) is 0 Å². The predicted molar refractivity (Wildman–Crippen MR) is 97.8 cm³/mol. The van der Waals surface area contributed by atoms with Gasteiger partial charge in [0.15, 0.2) is 5.78 Å². The Morgan fingerprint density at radius 1 is 1.12 bits per heavy atom. The Kier molecular flexibility index (Phi) is 4.59. The number of hydrogen-bond acceptors (Lipinski definition) is 5. The highest BCUT2D eigenvalue weighted by Crippen LogP contribution is 2.29. The second-order valence-electron chi connectivity index (χ2n) is 6.34. The van der Waals surface area contributed by atoms with Crippen LogP contribution in [0.1, 0.15) is 34.8 Å². The van der Waals surface area contributed by atoms with Gasteiger partial charge < -0.3 is 4.42 Å². The number of thioether (sulfide) groups is 1. The Morgan fingerprint density at radius 2 is 1.88 bits per heavy atom.